The van der Waals surface area contributed by atoms with Crippen molar-refractivity contribution in [3.05, 3.63) is 0 Å². The smallest absolute Gasteiger partial charge is 0.237 e. The molecule has 0 aromatic heterocycles. The van der Waals surface area contributed by atoms with Gasteiger partial charge in [-0.15, -0.1) is 0 Å². The third kappa shape index (κ3) is 3.69. The van der Waals surface area contributed by atoms with Gasteiger partial charge in [-0.1, -0.05) is 19.3 Å². The van der Waals surface area contributed by atoms with Crippen LogP contribution in [0.4, 0.5) is 0 Å². The Kier molecular flexibility index (Phi) is 5.22. The summed E-state index contributed by atoms with van der Waals surface area (Å²) >= 11 is 0. The van der Waals surface area contributed by atoms with E-state index in [4.69, 9.17) is 5.73 Å². The van der Waals surface area contributed by atoms with Gasteiger partial charge >= 0.3 is 0 Å². The zero-order valence-corrected chi connectivity index (χ0v) is 12.1. The number of primary amides is 1. The minimum absolute atomic E-state index is 0.344. The summed E-state index contributed by atoms with van der Waals surface area (Å²) in [7, 11) is 0. The fraction of sp³-hybridized carbons (Fsp3) is 0.933. The van der Waals surface area contributed by atoms with Gasteiger partial charge in [0.1, 0.15) is 6.04 Å². The number of amides is 1. The van der Waals surface area contributed by atoms with Crippen LogP contribution in [0, 0.1) is 5.92 Å². The molecule has 4 heteroatoms. The van der Waals surface area contributed by atoms with Crippen molar-refractivity contribution >= 4 is 5.91 Å². The zero-order valence-electron chi connectivity index (χ0n) is 12.1. The van der Waals surface area contributed by atoms with Crippen LogP contribution >= 0.6 is 0 Å². The minimum atomic E-state index is -0.592. The maximum absolute atomic E-state index is 11.7. The second-order valence-corrected chi connectivity index (χ2v) is 6.40. The summed E-state index contributed by atoms with van der Waals surface area (Å²) < 4.78 is 0. The van der Waals surface area contributed by atoms with Gasteiger partial charge in [-0.25, -0.2) is 0 Å². The Balaban J connectivity index is 2.08. The highest BCUT2D eigenvalue weighted by molar-refractivity contribution is 5.80. The monoisotopic (exact) mass is 268 g/mol. The van der Waals surface area contributed by atoms with E-state index < -0.39 is 12.1 Å². The van der Waals surface area contributed by atoms with Crippen LogP contribution in [-0.2, 0) is 4.79 Å². The molecule has 3 atom stereocenters. The van der Waals surface area contributed by atoms with Gasteiger partial charge < -0.3 is 10.8 Å². The van der Waals surface area contributed by atoms with Gasteiger partial charge in [0, 0.05) is 12.6 Å². The van der Waals surface area contributed by atoms with E-state index in [2.05, 4.69) is 11.8 Å². The first-order chi connectivity index (χ1) is 9.09. The average Bonchev–Trinajstić information content (AvgIpc) is 2.51. The SMILES string of the molecule is C[C@@H]1CCC[C@H](O)C(C(N)=O)N1CC1CCCCC1. The Morgan fingerprint density at radius 2 is 1.84 bits per heavy atom. The van der Waals surface area contributed by atoms with E-state index in [0.717, 1.165) is 19.4 Å². The number of rotatable bonds is 3. The van der Waals surface area contributed by atoms with E-state index in [0.29, 0.717) is 18.4 Å². The van der Waals surface area contributed by atoms with Gasteiger partial charge in [0.25, 0.3) is 0 Å². The van der Waals surface area contributed by atoms with Crippen molar-refractivity contribution in [3.8, 4) is 0 Å². The highest BCUT2D eigenvalue weighted by Crippen LogP contribution is 2.29. The molecule has 0 aromatic carbocycles. The molecular weight excluding hydrogens is 240 g/mol. The second kappa shape index (κ2) is 6.71. The lowest BCUT2D eigenvalue weighted by atomic mass is 9.88. The molecule has 1 heterocycles. The van der Waals surface area contributed by atoms with E-state index in [-0.39, 0.29) is 5.91 Å². The number of likely N-dealkylation sites (tertiary alicyclic amines) is 1. The molecule has 1 unspecified atom stereocenters. The Bertz CT molecular complexity index is 303. The first-order valence-electron chi connectivity index (χ1n) is 7.82. The highest BCUT2D eigenvalue weighted by Gasteiger charge is 2.37. The van der Waals surface area contributed by atoms with Crippen LogP contribution in [0.3, 0.4) is 0 Å². The summed E-state index contributed by atoms with van der Waals surface area (Å²) in [5, 5.41) is 10.2. The van der Waals surface area contributed by atoms with Crippen molar-refractivity contribution in [1.29, 1.82) is 0 Å². The molecule has 0 aromatic rings. The predicted octanol–water partition coefficient (Wildman–Crippen LogP) is 1.66. The first-order valence-corrected chi connectivity index (χ1v) is 7.82. The standard InChI is InChI=1S/C15H28N2O2/c1-11-6-5-9-13(18)14(15(16)19)17(11)10-12-7-3-2-4-8-12/h11-14,18H,2-10H2,1H3,(H2,16,19)/t11-,13+,14?/m1/s1. The molecule has 0 radical (unpaired) electrons. The summed E-state index contributed by atoms with van der Waals surface area (Å²) in [6.45, 7) is 3.09. The van der Waals surface area contributed by atoms with Gasteiger partial charge in [0.15, 0.2) is 0 Å². The topological polar surface area (TPSA) is 66.6 Å². The number of nitrogens with two attached hydrogens (primary N) is 1. The van der Waals surface area contributed by atoms with E-state index in [1.165, 1.54) is 32.1 Å². The van der Waals surface area contributed by atoms with Crippen LogP contribution in [0.2, 0.25) is 0 Å². The zero-order chi connectivity index (χ0) is 13.8. The second-order valence-electron chi connectivity index (χ2n) is 6.40. The van der Waals surface area contributed by atoms with Crippen LogP contribution < -0.4 is 5.73 Å². The summed E-state index contributed by atoms with van der Waals surface area (Å²) in [6.07, 6.45) is 8.59. The molecule has 1 amide bonds. The molecule has 19 heavy (non-hydrogen) atoms. The first kappa shape index (κ1) is 14.8. The van der Waals surface area contributed by atoms with Gasteiger partial charge in [0.05, 0.1) is 6.10 Å². The molecule has 2 aliphatic rings. The van der Waals surface area contributed by atoms with Gasteiger partial charge in [0.2, 0.25) is 5.91 Å². The molecule has 1 aliphatic carbocycles. The Hall–Kier alpha value is -0.610. The lowest BCUT2D eigenvalue weighted by molar-refractivity contribution is -0.128. The molecule has 3 N–H and O–H groups in total. The van der Waals surface area contributed by atoms with Crippen molar-refractivity contribution in [1.82, 2.24) is 4.90 Å². The predicted molar refractivity (Wildman–Crippen MR) is 75.6 cm³/mol. The van der Waals surface area contributed by atoms with E-state index in [1.807, 2.05) is 0 Å². The molecule has 1 aliphatic heterocycles. The van der Waals surface area contributed by atoms with Gasteiger partial charge in [-0.3, -0.25) is 9.69 Å². The van der Waals surface area contributed by atoms with E-state index >= 15 is 0 Å². The molecule has 2 fully saturated rings. The van der Waals surface area contributed by atoms with Crippen molar-refractivity contribution in [2.45, 2.75) is 76.5 Å². The minimum Gasteiger partial charge on any atom is -0.391 e. The van der Waals surface area contributed by atoms with Crippen LogP contribution in [0.15, 0.2) is 0 Å². The Morgan fingerprint density at radius 3 is 2.47 bits per heavy atom. The summed E-state index contributed by atoms with van der Waals surface area (Å²) in [5.41, 5.74) is 5.54. The molecular formula is C15H28N2O2. The number of aliphatic hydroxyl groups excluding tert-OH is 1. The van der Waals surface area contributed by atoms with Crippen LogP contribution in [-0.4, -0.2) is 40.6 Å². The maximum Gasteiger partial charge on any atom is 0.237 e. The molecule has 4 nitrogen and oxygen atoms in total. The fourth-order valence-corrected chi connectivity index (χ4v) is 3.76. The van der Waals surface area contributed by atoms with Crippen molar-refractivity contribution in [2.24, 2.45) is 11.7 Å². The van der Waals surface area contributed by atoms with E-state index in [1.54, 1.807) is 0 Å². The molecule has 1 saturated carbocycles. The lowest BCUT2D eigenvalue weighted by Gasteiger charge is -2.38. The lowest BCUT2D eigenvalue weighted by Crippen LogP contribution is -2.55. The summed E-state index contributed by atoms with van der Waals surface area (Å²) in [5.74, 6) is 0.306. The van der Waals surface area contributed by atoms with Crippen molar-refractivity contribution < 1.29 is 9.90 Å². The Labute approximate surface area is 116 Å². The third-order valence-electron chi connectivity index (χ3n) is 4.89. The number of carbonyl (C=O) groups is 1. The van der Waals surface area contributed by atoms with Crippen LogP contribution in [0.25, 0.3) is 0 Å². The highest BCUT2D eigenvalue weighted by atomic mass is 16.3. The molecule has 0 bridgehead atoms. The molecule has 2 rings (SSSR count). The van der Waals surface area contributed by atoms with Crippen LogP contribution in [0.5, 0.6) is 0 Å². The van der Waals surface area contributed by atoms with Crippen LogP contribution in [0.1, 0.15) is 58.3 Å². The number of carbonyl (C=O) groups excluding carboxylic acids is 1. The van der Waals surface area contributed by atoms with Gasteiger partial charge in [-0.2, -0.15) is 0 Å². The molecule has 1 saturated heterocycles. The third-order valence-corrected chi connectivity index (χ3v) is 4.89. The Morgan fingerprint density at radius 1 is 1.16 bits per heavy atom. The number of aliphatic hydroxyl groups is 1. The molecule has 0 spiro atoms. The fourth-order valence-electron chi connectivity index (χ4n) is 3.76. The number of hydrogen-bond donors (Lipinski definition) is 2. The van der Waals surface area contributed by atoms with E-state index in [9.17, 15) is 9.90 Å². The number of hydrogen-bond acceptors (Lipinski definition) is 3. The largest absolute Gasteiger partial charge is 0.391 e. The average molecular weight is 268 g/mol. The normalized spacial score (nSPS) is 34.9. The summed E-state index contributed by atoms with van der Waals surface area (Å²) in [4.78, 5) is 13.9. The van der Waals surface area contributed by atoms with Gasteiger partial charge in [-0.05, 0) is 44.9 Å². The van der Waals surface area contributed by atoms with Crippen molar-refractivity contribution in [3.63, 3.8) is 0 Å². The van der Waals surface area contributed by atoms with Crippen molar-refractivity contribution in [2.75, 3.05) is 6.54 Å². The number of nitrogens with zero attached hydrogens (tertiary/aromatic N) is 1. The summed E-state index contributed by atoms with van der Waals surface area (Å²) in [6, 6.07) is -0.143. The molecule has 110 valence electrons. The maximum atomic E-state index is 11.7. The quantitative estimate of drug-likeness (QED) is 0.818.